The minimum absolute atomic E-state index is 0.0536. The molecule has 1 aliphatic heterocycles. The molecule has 0 bridgehead atoms. The fourth-order valence-electron chi connectivity index (χ4n) is 12.7. The number of phenols is 29. The normalized spacial score (nSPS) is 11.7. The highest BCUT2D eigenvalue weighted by molar-refractivity contribution is 14.1. The predicted octanol–water partition coefficient (Wildman–Crippen LogP) is 17.5. The standard InChI is InChI=1S/C17H16N2O5.2C15H11BrO5.C15H12O5.C13H11IO4.C13H11NO6.C13H12O5/c1-9(20)19-13(11-3-5-15(22)17(24)7-11)8-12(18-19)10-2-4-14(21)16(23)6-10;16-10-7-15(21)14(20)5-8(10)1-3-11(17)9-2-4-12(18)13(19)6-9;16-10-7-15(21)14(20)6-9(10)11(17)3-1-8-2-4-12(18)13(19)5-8;16-11(10-3-6-13(18)15(20)8-10)4-1-9-2-5-12(17)14(19)7-9;14-9-6-13(18)12(17)5-8(9)3-7-1-2-10(15)11(16)4-7;15-10-2-1-7(4-11(10)16)3-8-5-12(17)13(18)6-9(8)14(19)20;14-9-2-1-7(4-11(9)16)3-8-5-12(17)13(18)6-10(8)15/h2-7,13,21-24H,8H2,1H3;2*1-7,18-21H;1-8,17-20H;1-2,4-6,15-18H,3H2;1-2,4-6,15-18H,3H2;1-2,4-6,14-18H,3H2/b;2*3-1+;4-1+;;;. The Bertz CT molecular complexity index is 7160. The van der Waals surface area contributed by atoms with E-state index in [9.17, 15) is 167 Å². The number of nitrogens with zero attached hydrogens (tertiary/aromatic N) is 3. The van der Waals surface area contributed by atoms with Crippen LogP contribution in [0.15, 0.2) is 257 Å². The Morgan fingerprint density at radius 1 is 0.338 bits per heavy atom. The summed E-state index contributed by atoms with van der Waals surface area (Å²) in [5.41, 5.74) is 6.98. The maximum Gasteiger partial charge on any atom is 0.276 e. The first kappa shape index (κ1) is 107. The van der Waals surface area contributed by atoms with E-state index in [0.29, 0.717) is 72.0 Å². The molecule has 0 spiro atoms. The summed E-state index contributed by atoms with van der Waals surface area (Å²) in [6, 6.07) is 49.2. The van der Waals surface area contributed by atoms with Crippen LogP contribution in [-0.4, -0.2) is 187 Å². The maximum absolute atomic E-state index is 12.0. The second kappa shape index (κ2) is 48.0. The van der Waals surface area contributed by atoms with Gasteiger partial charge in [-0.05, 0) is 290 Å². The molecule has 1 amide bonds. The summed E-state index contributed by atoms with van der Waals surface area (Å²) >= 11 is 8.39. The monoisotopic (exact) mass is 2180 g/mol. The molecule has 0 radical (unpaired) electrons. The van der Waals surface area contributed by atoms with Crippen molar-refractivity contribution in [1.29, 1.82) is 0 Å². The van der Waals surface area contributed by atoms with Gasteiger partial charge in [-0.15, -0.1) is 0 Å². The van der Waals surface area contributed by atoms with Crippen LogP contribution in [0.25, 0.3) is 18.2 Å². The summed E-state index contributed by atoms with van der Waals surface area (Å²) in [4.78, 5) is 58.0. The van der Waals surface area contributed by atoms with Crippen LogP contribution < -0.4 is 0 Å². The molecule has 0 saturated carbocycles. The van der Waals surface area contributed by atoms with Crippen molar-refractivity contribution in [3.05, 3.63) is 343 Å². The van der Waals surface area contributed by atoms with Crippen LogP contribution in [0.5, 0.6) is 167 Å². The van der Waals surface area contributed by atoms with E-state index >= 15 is 0 Å². The summed E-state index contributed by atoms with van der Waals surface area (Å²) in [6.07, 6.45) is 9.29. The summed E-state index contributed by atoms with van der Waals surface area (Å²) in [5.74, 6) is -9.82. The highest BCUT2D eigenvalue weighted by Crippen LogP contribution is 2.43. The van der Waals surface area contributed by atoms with Gasteiger partial charge in [0.15, 0.2) is 178 Å². The Morgan fingerprint density at radius 2 is 0.676 bits per heavy atom. The minimum Gasteiger partial charge on any atom is -0.508 e. The van der Waals surface area contributed by atoms with Gasteiger partial charge in [0.2, 0.25) is 5.91 Å². The number of hydrogen-bond donors (Lipinski definition) is 29. The van der Waals surface area contributed by atoms with Crippen LogP contribution in [0, 0.1) is 13.7 Å². The van der Waals surface area contributed by atoms with Crippen molar-refractivity contribution >= 4 is 107 Å². The molecule has 1 heterocycles. The number of nitro groups is 1. The van der Waals surface area contributed by atoms with E-state index in [0.717, 1.165) is 51.1 Å². The fourth-order valence-corrected chi connectivity index (χ4v) is 14.3. The van der Waals surface area contributed by atoms with Gasteiger partial charge in [-0.2, -0.15) is 5.10 Å². The lowest BCUT2D eigenvalue weighted by Gasteiger charge is -2.20. The predicted molar refractivity (Wildman–Crippen MR) is 528 cm³/mol. The highest BCUT2D eigenvalue weighted by Gasteiger charge is 2.33. The van der Waals surface area contributed by atoms with Gasteiger partial charge in [0.1, 0.15) is 5.75 Å². The first-order valence-corrected chi connectivity index (χ1v) is 43.3. The van der Waals surface area contributed by atoms with Crippen LogP contribution >= 0.6 is 54.5 Å². The molecular weight excluding hydrogens is 2100 g/mol. The second-order valence-electron chi connectivity index (χ2n) is 30.4. The van der Waals surface area contributed by atoms with Crippen LogP contribution in [0.3, 0.4) is 0 Å². The van der Waals surface area contributed by atoms with Crippen molar-refractivity contribution in [2.75, 3.05) is 0 Å². The number of carbonyl (C=O) groups is 4. The third kappa shape index (κ3) is 29.4. The molecule has 734 valence electrons. The zero-order valence-corrected chi connectivity index (χ0v) is 78.5. The van der Waals surface area contributed by atoms with Crippen LogP contribution in [0.2, 0.25) is 0 Å². The number of halogens is 3. The van der Waals surface area contributed by atoms with E-state index in [2.05, 4.69) is 59.6 Å². The summed E-state index contributed by atoms with van der Waals surface area (Å²) < 4.78 is 1.67. The minimum atomic E-state index is -0.672. The number of nitro benzene ring substituents is 1. The van der Waals surface area contributed by atoms with Crippen LogP contribution in [0.4, 0.5) is 5.69 Å². The third-order valence-corrected chi connectivity index (χ3v) is 22.5. The van der Waals surface area contributed by atoms with Crippen molar-refractivity contribution in [2.24, 2.45) is 5.10 Å². The molecule has 15 rings (SSSR count). The molecule has 0 saturated heterocycles. The molecule has 0 aromatic heterocycles. The number of hydrazone groups is 1. The lowest BCUT2D eigenvalue weighted by Crippen LogP contribution is -2.24. The first-order valence-electron chi connectivity index (χ1n) is 40.7. The first-order chi connectivity index (χ1) is 66.9. The molecule has 41 heteroatoms. The third-order valence-electron chi connectivity index (χ3n) is 20.1. The molecule has 0 aliphatic carbocycles. The lowest BCUT2D eigenvalue weighted by atomic mass is 9.98. The van der Waals surface area contributed by atoms with Gasteiger partial charge in [-0.25, -0.2) is 5.01 Å². The Hall–Kier alpha value is -18.3. The maximum atomic E-state index is 12.0. The number of carbonyl (C=O) groups excluding carboxylic acids is 4. The Kier molecular flexibility index (Phi) is 36.3. The highest BCUT2D eigenvalue weighted by atomic mass is 127. The molecule has 14 aromatic rings. The molecule has 29 N–H and O–H groups in total. The molecule has 0 fully saturated rings. The fraction of sp³-hybridized carbons (Fsp3) is 0.0594. The van der Waals surface area contributed by atoms with Crippen molar-refractivity contribution in [3.63, 3.8) is 0 Å². The van der Waals surface area contributed by atoms with Crippen molar-refractivity contribution in [3.8, 4) is 167 Å². The molecular formula is C101H84Br2IN3O35. The number of rotatable bonds is 18. The average Bonchev–Trinajstić information content (AvgIpc) is 1.61. The zero-order valence-electron chi connectivity index (χ0n) is 73.1. The Morgan fingerprint density at radius 3 is 1.12 bits per heavy atom. The Labute approximate surface area is 832 Å². The van der Waals surface area contributed by atoms with Crippen molar-refractivity contribution < 1.29 is 172 Å². The smallest absolute Gasteiger partial charge is 0.276 e. The number of amides is 1. The second-order valence-corrected chi connectivity index (χ2v) is 33.3. The number of hydrogen-bond acceptors (Lipinski definition) is 36. The number of ketones is 3. The van der Waals surface area contributed by atoms with Gasteiger partial charge >= 0.3 is 0 Å². The topological polar surface area (TPSA) is 714 Å². The van der Waals surface area contributed by atoms with Gasteiger partial charge in [0, 0.05) is 78.1 Å². The Balaban J connectivity index is 0.000000185. The van der Waals surface area contributed by atoms with Gasteiger partial charge in [0.25, 0.3) is 5.69 Å². The average molecular weight is 2190 g/mol. The van der Waals surface area contributed by atoms with E-state index in [1.165, 1.54) is 212 Å². The van der Waals surface area contributed by atoms with Gasteiger partial charge in [-0.3, -0.25) is 29.3 Å². The van der Waals surface area contributed by atoms with Crippen molar-refractivity contribution in [1.82, 2.24) is 5.01 Å². The van der Waals surface area contributed by atoms with E-state index < -0.39 is 39.7 Å². The van der Waals surface area contributed by atoms with Gasteiger partial charge < -0.3 is 148 Å². The number of phenolic OH excluding ortho intramolecular Hbond substituents is 29. The summed E-state index contributed by atoms with van der Waals surface area (Å²) in [5, 5.41) is 288. The van der Waals surface area contributed by atoms with Gasteiger partial charge in [-0.1, -0.05) is 64.5 Å². The quantitative estimate of drug-likeness (QED) is 0.00721. The van der Waals surface area contributed by atoms with E-state index in [4.69, 9.17) is 10.2 Å². The van der Waals surface area contributed by atoms with Crippen LogP contribution in [0.1, 0.15) is 112 Å². The number of allylic oxidation sites excluding steroid dienone is 3. The number of benzene rings is 14. The van der Waals surface area contributed by atoms with Crippen molar-refractivity contribution in [2.45, 2.75) is 38.6 Å². The largest absolute Gasteiger partial charge is 0.508 e. The van der Waals surface area contributed by atoms with E-state index in [1.54, 1.807) is 24.3 Å². The number of aromatic hydroxyl groups is 29. The molecule has 38 nitrogen and oxygen atoms in total. The lowest BCUT2D eigenvalue weighted by molar-refractivity contribution is -0.385. The summed E-state index contributed by atoms with van der Waals surface area (Å²) in [6.45, 7) is 1.38. The molecule has 1 atom stereocenters. The van der Waals surface area contributed by atoms with Crippen LogP contribution in [-0.2, 0) is 24.1 Å². The SMILES string of the molecule is CC(=O)N1N=C(c2ccc(O)c(O)c2)CC1c1ccc(O)c(O)c1.O=C(/C=C/c1cc(O)c(O)cc1Br)c1ccc(O)c(O)c1.O=C(/C=C/c1ccc(O)c(O)c1)c1cc(O)c(O)cc1Br.O=C(/C=C/c1ccc(O)c(O)c1)c1ccc(O)c(O)c1.O=[N+]([O-])c1cc(O)c(O)cc1Cc1ccc(O)c(O)c1.Oc1ccc(Cc2cc(O)c(O)cc2I)cc1O.Oc1ccc(Cc2cc(O)c(O)cc2O)cc1O. The van der Waals surface area contributed by atoms with E-state index in [1.807, 2.05) is 0 Å². The molecule has 1 aliphatic rings. The molecule has 1 unspecified atom stereocenters. The zero-order chi connectivity index (χ0) is 105. The molecule has 142 heavy (non-hydrogen) atoms. The van der Waals surface area contributed by atoms with Gasteiger partial charge in [0.05, 0.1) is 22.7 Å². The molecule has 14 aromatic carbocycles. The summed E-state index contributed by atoms with van der Waals surface area (Å²) in [7, 11) is 0. The van der Waals surface area contributed by atoms with E-state index in [-0.39, 0.29) is 202 Å².